The fourth-order valence-electron chi connectivity index (χ4n) is 2.90. The zero-order chi connectivity index (χ0) is 17.9. The van der Waals surface area contributed by atoms with E-state index in [1.165, 1.54) is 6.07 Å². The van der Waals surface area contributed by atoms with E-state index in [1.807, 2.05) is 11.8 Å². The number of rotatable bonds is 8. The minimum absolute atomic E-state index is 0.0384. The van der Waals surface area contributed by atoms with Gasteiger partial charge >= 0.3 is 5.97 Å². The second kappa shape index (κ2) is 7.58. The Kier molecular flexibility index (Phi) is 5.95. The summed E-state index contributed by atoms with van der Waals surface area (Å²) in [6.07, 6.45) is 1.17. The molecule has 0 spiro atoms. The Balaban J connectivity index is 1.87. The van der Waals surface area contributed by atoms with E-state index in [9.17, 15) is 17.6 Å². The van der Waals surface area contributed by atoms with Gasteiger partial charge in [0.1, 0.15) is 5.82 Å². The number of aliphatic carboxylic acids is 1. The number of hydrogen-bond acceptors (Lipinski definition) is 4. The second-order valence-electron chi connectivity index (χ2n) is 6.24. The van der Waals surface area contributed by atoms with Crippen LogP contribution in [0.25, 0.3) is 0 Å². The van der Waals surface area contributed by atoms with E-state index in [1.54, 1.807) is 19.1 Å². The van der Waals surface area contributed by atoms with Crippen LogP contribution in [0.5, 0.6) is 0 Å². The number of hydrogen-bond donors (Lipinski definition) is 2. The highest BCUT2D eigenvalue weighted by Gasteiger charge is 2.35. The molecule has 0 saturated heterocycles. The number of nitrogens with one attached hydrogen (secondary N) is 1. The summed E-state index contributed by atoms with van der Waals surface area (Å²) in [7, 11) is -3.55. The standard InChI is InChI=1S/C16H23FN2O4S/c1-3-19(9-16(20)21)14-7-13(8-14)18-24(22,23)10-12-5-4-11(2)15(17)6-12/h4-6,13-14,18H,3,7-10H2,1-2H3,(H,20,21). The minimum atomic E-state index is -3.55. The molecule has 1 saturated carbocycles. The van der Waals surface area contributed by atoms with Gasteiger partial charge in [0.15, 0.2) is 0 Å². The van der Waals surface area contributed by atoms with Gasteiger partial charge in [-0.3, -0.25) is 9.69 Å². The van der Waals surface area contributed by atoms with Crippen molar-refractivity contribution in [2.24, 2.45) is 0 Å². The van der Waals surface area contributed by atoms with Crippen molar-refractivity contribution in [1.29, 1.82) is 0 Å². The SMILES string of the molecule is CCN(CC(=O)O)C1CC(NS(=O)(=O)Cc2ccc(C)c(F)c2)C1. The Morgan fingerprint density at radius 2 is 2.08 bits per heavy atom. The van der Waals surface area contributed by atoms with E-state index in [-0.39, 0.29) is 24.4 Å². The molecule has 6 nitrogen and oxygen atoms in total. The molecule has 0 atom stereocenters. The minimum Gasteiger partial charge on any atom is -0.480 e. The molecule has 0 bridgehead atoms. The lowest BCUT2D eigenvalue weighted by molar-refractivity contribution is -0.139. The van der Waals surface area contributed by atoms with Gasteiger partial charge in [-0.1, -0.05) is 19.1 Å². The van der Waals surface area contributed by atoms with E-state index in [4.69, 9.17) is 5.11 Å². The number of sulfonamides is 1. The fourth-order valence-corrected chi connectivity index (χ4v) is 4.30. The molecule has 0 heterocycles. The molecule has 1 fully saturated rings. The van der Waals surface area contributed by atoms with Crippen molar-refractivity contribution in [1.82, 2.24) is 9.62 Å². The number of carboxylic acids is 1. The molecule has 2 N–H and O–H groups in total. The molecular weight excluding hydrogens is 335 g/mol. The number of carbonyl (C=O) groups is 1. The van der Waals surface area contributed by atoms with Crippen LogP contribution >= 0.6 is 0 Å². The maximum atomic E-state index is 13.5. The average molecular weight is 358 g/mol. The van der Waals surface area contributed by atoms with Crippen LogP contribution < -0.4 is 4.72 Å². The van der Waals surface area contributed by atoms with Gasteiger partial charge in [-0.2, -0.15) is 0 Å². The van der Waals surface area contributed by atoms with Crippen LogP contribution in [-0.4, -0.2) is 49.6 Å². The lowest BCUT2D eigenvalue weighted by Gasteiger charge is -2.42. The lowest BCUT2D eigenvalue weighted by Crippen LogP contribution is -2.54. The number of aryl methyl sites for hydroxylation is 1. The van der Waals surface area contributed by atoms with Gasteiger partial charge in [-0.15, -0.1) is 0 Å². The Labute approximate surface area is 141 Å². The zero-order valence-corrected chi connectivity index (χ0v) is 14.6. The summed E-state index contributed by atoms with van der Waals surface area (Å²) in [5.74, 6) is -1.57. The lowest BCUT2D eigenvalue weighted by atomic mass is 9.86. The van der Waals surface area contributed by atoms with Crippen LogP contribution in [0.2, 0.25) is 0 Å². The van der Waals surface area contributed by atoms with Gasteiger partial charge in [-0.05, 0) is 43.5 Å². The molecule has 1 aliphatic carbocycles. The average Bonchev–Trinajstić information content (AvgIpc) is 2.43. The quantitative estimate of drug-likeness (QED) is 0.735. The highest BCUT2D eigenvalue weighted by molar-refractivity contribution is 7.88. The number of likely N-dealkylation sites (N-methyl/N-ethyl adjacent to an activating group) is 1. The maximum absolute atomic E-state index is 13.5. The van der Waals surface area contributed by atoms with Crippen LogP contribution in [0, 0.1) is 12.7 Å². The Morgan fingerprint density at radius 1 is 1.42 bits per heavy atom. The molecule has 24 heavy (non-hydrogen) atoms. The van der Waals surface area contributed by atoms with E-state index in [0.29, 0.717) is 30.5 Å². The number of halogens is 1. The molecular formula is C16H23FN2O4S. The Hall–Kier alpha value is -1.51. The molecule has 2 rings (SSSR count). The molecule has 1 aromatic carbocycles. The van der Waals surface area contributed by atoms with Crippen molar-refractivity contribution in [2.75, 3.05) is 13.1 Å². The van der Waals surface area contributed by atoms with Crippen molar-refractivity contribution in [3.8, 4) is 0 Å². The fraction of sp³-hybridized carbons (Fsp3) is 0.562. The first-order chi connectivity index (χ1) is 11.2. The number of carboxylic acid groups (broad SMARTS) is 1. The molecule has 1 aliphatic rings. The van der Waals surface area contributed by atoms with Crippen molar-refractivity contribution < 1.29 is 22.7 Å². The molecule has 1 aromatic rings. The first-order valence-electron chi connectivity index (χ1n) is 7.91. The van der Waals surface area contributed by atoms with Gasteiger partial charge in [0.2, 0.25) is 10.0 Å². The second-order valence-corrected chi connectivity index (χ2v) is 7.99. The third-order valence-electron chi connectivity index (χ3n) is 4.31. The molecule has 0 unspecified atom stereocenters. The van der Waals surface area contributed by atoms with Gasteiger partial charge in [0, 0.05) is 12.1 Å². The molecule has 8 heteroatoms. The van der Waals surface area contributed by atoms with Crippen LogP contribution in [0.1, 0.15) is 30.9 Å². The highest BCUT2D eigenvalue weighted by Crippen LogP contribution is 2.26. The molecule has 0 amide bonds. The van der Waals surface area contributed by atoms with Crippen molar-refractivity contribution in [3.05, 3.63) is 35.1 Å². The van der Waals surface area contributed by atoms with E-state index in [0.717, 1.165) is 0 Å². The van der Waals surface area contributed by atoms with Crippen LogP contribution in [0.15, 0.2) is 18.2 Å². The number of nitrogens with zero attached hydrogens (tertiary/aromatic N) is 1. The maximum Gasteiger partial charge on any atom is 0.317 e. The smallest absolute Gasteiger partial charge is 0.317 e. The van der Waals surface area contributed by atoms with E-state index in [2.05, 4.69) is 4.72 Å². The topological polar surface area (TPSA) is 86.7 Å². The highest BCUT2D eigenvalue weighted by atomic mass is 32.2. The van der Waals surface area contributed by atoms with E-state index >= 15 is 0 Å². The first-order valence-corrected chi connectivity index (χ1v) is 9.56. The van der Waals surface area contributed by atoms with Crippen molar-refractivity contribution >= 4 is 16.0 Å². The summed E-state index contributed by atoms with van der Waals surface area (Å²) in [5, 5.41) is 8.86. The van der Waals surface area contributed by atoms with Gasteiger partial charge in [0.25, 0.3) is 0 Å². The summed E-state index contributed by atoms with van der Waals surface area (Å²) in [5.41, 5.74) is 0.881. The summed E-state index contributed by atoms with van der Waals surface area (Å²) in [6, 6.07) is 4.29. The van der Waals surface area contributed by atoms with Crippen molar-refractivity contribution in [2.45, 2.75) is 44.5 Å². The molecule has 0 radical (unpaired) electrons. The van der Waals surface area contributed by atoms with Crippen LogP contribution in [0.3, 0.4) is 0 Å². The van der Waals surface area contributed by atoms with Gasteiger partial charge in [-0.25, -0.2) is 17.5 Å². The largest absolute Gasteiger partial charge is 0.480 e. The number of benzene rings is 1. The third-order valence-corrected chi connectivity index (χ3v) is 5.72. The van der Waals surface area contributed by atoms with Gasteiger partial charge in [0.05, 0.1) is 12.3 Å². The molecule has 0 aliphatic heterocycles. The molecule has 0 aromatic heterocycles. The zero-order valence-electron chi connectivity index (χ0n) is 13.8. The van der Waals surface area contributed by atoms with E-state index < -0.39 is 21.8 Å². The summed E-state index contributed by atoms with van der Waals surface area (Å²) < 4.78 is 40.5. The Morgan fingerprint density at radius 3 is 2.62 bits per heavy atom. The van der Waals surface area contributed by atoms with Crippen molar-refractivity contribution in [3.63, 3.8) is 0 Å². The summed E-state index contributed by atoms with van der Waals surface area (Å²) in [4.78, 5) is 12.6. The Bertz CT molecular complexity index is 702. The monoisotopic (exact) mass is 358 g/mol. The summed E-state index contributed by atoms with van der Waals surface area (Å²) >= 11 is 0. The summed E-state index contributed by atoms with van der Waals surface area (Å²) in [6.45, 7) is 4.08. The van der Waals surface area contributed by atoms with Crippen LogP contribution in [0.4, 0.5) is 4.39 Å². The predicted octanol–water partition coefficient (Wildman–Crippen LogP) is 1.49. The molecule has 134 valence electrons. The van der Waals surface area contributed by atoms with Crippen LogP contribution in [-0.2, 0) is 20.6 Å². The van der Waals surface area contributed by atoms with Gasteiger partial charge < -0.3 is 5.11 Å². The first kappa shape index (κ1) is 18.8. The predicted molar refractivity (Wildman–Crippen MR) is 88.6 cm³/mol. The normalized spacial score (nSPS) is 20.8. The third kappa shape index (κ3) is 4.99.